The molecule has 1 aliphatic carbocycles. The molecule has 0 atom stereocenters. The summed E-state index contributed by atoms with van der Waals surface area (Å²) in [6.45, 7) is 0. The predicted octanol–water partition coefficient (Wildman–Crippen LogP) is 1.73. The minimum Gasteiger partial charge on any atom is -0.481 e. The third-order valence-corrected chi connectivity index (χ3v) is 3.61. The summed E-state index contributed by atoms with van der Waals surface area (Å²) in [5.41, 5.74) is 6.21. The van der Waals surface area contributed by atoms with E-state index in [2.05, 4.69) is 0 Å². The van der Waals surface area contributed by atoms with Crippen LogP contribution >= 0.6 is 0 Å². The normalized spacial score (nSPS) is 28.9. The molecule has 1 aromatic rings. The first-order valence-corrected chi connectivity index (χ1v) is 5.82. The number of benzene rings is 1. The smallest absolute Gasteiger partial charge is 0.306 e. The van der Waals surface area contributed by atoms with Crippen LogP contribution < -0.4 is 5.73 Å². The molecule has 1 aliphatic rings. The Morgan fingerprint density at radius 1 is 1.24 bits per heavy atom. The predicted molar refractivity (Wildman–Crippen MR) is 64.3 cm³/mol. The van der Waals surface area contributed by atoms with Crippen LogP contribution in [0, 0.1) is 5.92 Å². The van der Waals surface area contributed by atoms with E-state index in [0.29, 0.717) is 31.4 Å². The van der Waals surface area contributed by atoms with Crippen molar-refractivity contribution >= 4 is 11.7 Å². The van der Waals surface area contributed by atoms with Crippen molar-refractivity contribution < 1.29 is 15.0 Å². The first-order valence-electron chi connectivity index (χ1n) is 5.82. The van der Waals surface area contributed by atoms with Gasteiger partial charge in [-0.1, -0.05) is 12.1 Å². The van der Waals surface area contributed by atoms with Gasteiger partial charge in [-0.15, -0.1) is 0 Å². The lowest BCUT2D eigenvalue weighted by Crippen LogP contribution is -2.33. The highest BCUT2D eigenvalue weighted by Crippen LogP contribution is 2.39. The Morgan fingerprint density at radius 3 is 2.24 bits per heavy atom. The number of nitrogens with two attached hydrogens (primary N) is 1. The Balaban J connectivity index is 2.11. The summed E-state index contributed by atoms with van der Waals surface area (Å²) in [6.07, 6.45) is 2.04. The zero-order valence-electron chi connectivity index (χ0n) is 9.60. The van der Waals surface area contributed by atoms with E-state index >= 15 is 0 Å². The van der Waals surface area contributed by atoms with Gasteiger partial charge in [0.2, 0.25) is 0 Å². The lowest BCUT2D eigenvalue weighted by Gasteiger charge is -2.35. The minimum atomic E-state index is -0.889. The molecule has 0 spiro atoms. The zero-order valence-corrected chi connectivity index (χ0v) is 9.60. The molecule has 1 saturated carbocycles. The fourth-order valence-electron chi connectivity index (χ4n) is 2.42. The summed E-state index contributed by atoms with van der Waals surface area (Å²) >= 11 is 0. The van der Waals surface area contributed by atoms with E-state index in [1.54, 1.807) is 12.1 Å². The Morgan fingerprint density at radius 2 is 1.76 bits per heavy atom. The molecule has 4 N–H and O–H groups in total. The molecule has 4 nitrogen and oxygen atoms in total. The summed E-state index contributed by atoms with van der Waals surface area (Å²) in [5, 5.41) is 19.4. The average Bonchev–Trinajstić information content (AvgIpc) is 2.30. The molecule has 0 unspecified atom stereocenters. The molecule has 1 fully saturated rings. The highest BCUT2D eigenvalue weighted by molar-refractivity contribution is 5.70. The summed E-state index contributed by atoms with van der Waals surface area (Å²) in [4.78, 5) is 10.8. The lowest BCUT2D eigenvalue weighted by molar-refractivity contribution is -0.145. The summed E-state index contributed by atoms with van der Waals surface area (Å²) < 4.78 is 0. The maximum Gasteiger partial charge on any atom is 0.306 e. The molecule has 0 saturated heterocycles. The number of rotatable bonds is 2. The van der Waals surface area contributed by atoms with Gasteiger partial charge in [0.1, 0.15) is 0 Å². The summed E-state index contributed by atoms with van der Waals surface area (Å²) in [7, 11) is 0. The van der Waals surface area contributed by atoms with Crippen LogP contribution in [0.4, 0.5) is 5.69 Å². The fourth-order valence-corrected chi connectivity index (χ4v) is 2.42. The lowest BCUT2D eigenvalue weighted by atomic mass is 9.75. The van der Waals surface area contributed by atoms with Crippen molar-refractivity contribution in [3.63, 3.8) is 0 Å². The van der Waals surface area contributed by atoms with Gasteiger partial charge in [-0.2, -0.15) is 0 Å². The monoisotopic (exact) mass is 235 g/mol. The van der Waals surface area contributed by atoms with Gasteiger partial charge < -0.3 is 15.9 Å². The molecular formula is C13H17NO3. The number of aliphatic hydroxyl groups is 1. The molecule has 0 radical (unpaired) electrons. The number of hydrogen-bond acceptors (Lipinski definition) is 3. The van der Waals surface area contributed by atoms with Gasteiger partial charge >= 0.3 is 5.97 Å². The molecule has 17 heavy (non-hydrogen) atoms. The Kier molecular flexibility index (Phi) is 3.07. The van der Waals surface area contributed by atoms with Crippen molar-refractivity contribution in [1.29, 1.82) is 0 Å². The second-order valence-electron chi connectivity index (χ2n) is 4.77. The average molecular weight is 235 g/mol. The molecule has 0 heterocycles. The molecule has 0 bridgehead atoms. The topological polar surface area (TPSA) is 83.5 Å². The first kappa shape index (κ1) is 11.9. The van der Waals surface area contributed by atoms with Crippen molar-refractivity contribution in [2.75, 3.05) is 5.73 Å². The molecule has 4 heteroatoms. The van der Waals surface area contributed by atoms with E-state index in [0.717, 1.165) is 5.56 Å². The number of aliphatic carboxylic acids is 1. The Labute approximate surface area is 100 Å². The van der Waals surface area contributed by atoms with Crippen LogP contribution in [0.2, 0.25) is 0 Å². The molecule has 2 rings (SSSR count). The van der Waals surface area contributed by atoms with Gasteiger partial charge in [0.15, 0.2) is 0 Å². The second-order valence-corrected chi connectivity index (χ2v) is 4.77. The van der Waals surface area contributed by atoms with Crippen molar-refractivity contribution in [3.8, 4) is 0 Å². The van der Waals surface area contributed by atoms with Crippen molar-refractivity contribution in [1.82, 2.24) is 0 Å². The van der Waals surface area contributed by atoms with Crippen LogP contribution in [-0.2, 0) is 10.4 Å². The molecular weight excluding hydrogens is 218 g/mol. The molecule has 1 aromatic carbocycles. The highest BCUT2D eigenvalue weighted by Gasteiger charge is 2.36. The zero-order chi connectivity index (χ0) is 12.5. The van der Waals surface area contributed by atoms with Crippen molar-refractivity contribution in [2.24, 2.45) is 5.92 Å². The van der Waals surface area contributed by atoms with E-state index in [4.69, 9.17) is 10.8 Å². The van der Waals surface area contributed by atoms with Gasteiger partial charge in [-0.05, 0) is 43.4 Å². The van der Waals surface area contributed by atoms with Crippen LogP contribution in [0.1, 0.15) is 31.2 Å². The number of anilines is 1. The minimum absolute atomic E-state index is 0.316. The molecule has 0 amide bonds. The maximum atomic E-state index is 10.8. The molecule has 0 aromatic heterocycles. The fraction of sp³-hybridized carbons (Fsp3) is 0.462. The second kappa shape index (κ2) is 4.37. The quantitative estimate of drug-likeness (QED) is 0.682. The standard InChI is InChI=1S/C13H17NO3/c14-11-3-1-10(2-4-11)13(17)7-5-9(6-8-13)12(15)16/h1-4,9,17H,5-8,14H2,(H,15,16). The van der Waals surface area contributed by atoms with Crippen LogP contribution in [0.25, 0.3) is 0 Å². The number of carboxylic acid groups (broad SMARTS) is 1. The number of hydrogen-bond donors (Lipinski definition) is 3. The summed E-state index contributed by atoms with van der Waals surface area (Å²) in [5.74, 6) is -1.08. The van der Waals surface area contributed by atoms with E-state index in [1.165, 1.54) is 0 Å². The van der Waals surface area contributed by atoms with Gasteiger partial charge in [0.25, 0.3) is 0 Å². The van der Waals surface area contributed by atoms with Gasteiger partial charge in [0.05, 0.1) is 11.5 Å². The Hall–Kier alpha value is -1.55. The van der Waals surface area contributed by atoms with Gasteiger partial charge in [-0.3, -0.25) is 4.79 Å². The van der Waals surface area contributed by atoms with Crippen LogP contribution in [0.3, 0.4) is 0 Å². The maximum absolute atomic E-state index is 10.8. The SMILES string of the molecule is Nc1ccc(C2(O)CCC(C(=O)O)CC2)cc1. The van der Waals surface area contributed by atoms with Gasteiger partial charge in [0, 0.05) is 5.69 Å². The Bertz CT molecular complexity index is 405. The van der Waals surface area contributed by atoms with Crippen molar-refractivity contribution in [2.45, 2.75) is 31.3 Å². The van der Waals surface area contributed by atoms with Crippen LogP contribution in [0.15, 0.2) is 24.3 Å². The first-order chi connectivity index (χ1) is 8.01. The van der Waals surface area contributed by atoms with E-state index in [-0.39, 0.29) is 5.92 Å². The number of carboxylic acids is 1. The largest absolute Gasteiger partial charge is 0.481 e. The third-order valence-electron chi connectivity index (χ3n) is 3.61. The van der Waals surface area contributed by atoms with E-state index in [9.17, 15) is 9.90 Å². The van der Waals surface area contributed by atoms with Crippen LogP contribution in [-0.4, -0.2) is 16.2 Å². The van der Waals surface area contributed by atoms with Crippen LogP contribution in [0.5, 0.6) is 0 Å². The molecule has 92 valence electrons. The van der Waals surface area contributed by atoms with E-state index < -0.39 is 11.6 Å². The highest BCUT2D eigenvalue weighted by atomic mass is 16.4. The van der Waals surface area contributed by atoms with Crippen molar-refractivity contribution in [3.05, 3.63) is 29.8 Å². The molecule has 0 aliphatic heterocycles. The number of nitrogen functional groups attached to an aromatic ring is 1. The summed E-state index contributed by atoms with van der Waals surface area (Å²) in [6, 6.07) is 7.15. The van der Waals surface area contributed by atoms with Gasteiger partial charge in [-0.25, -0.2) is 0 Å². The third kappa shape index (κ3) is 2.42. The number of carbonyl (C=O) groups is 1. The van der Waals surface area contributed by atoms with E-state index in [1.807, 2.05) is 12.1 Å².